The third-order valence-corrected chi connectivity index (χ3v) is 3.84. The van der Waals surface area contributed by atoms with Crippen molar-refractivity contribution in [2.24, 2.45) is 5.92 Å². The first kappa shape index (κ1) is 9.22. The third-order valence-electron chi connectivity index (χ3n) is 3.84. The zero-order valence-corrected chi connectivity index (χ0v) is 8.89. The fourth-order valence-corrected chi connectivity index (χ4v) is 3.12. The molecule has 2 bridgehead atoms. The zero-order valence-electron chi connectivity index (χ0n) is 8.89. The summed E-state index contributed by atoms with van der Waals surface area (Å²) in [6.07, 6.45) is 2.61. The van der Waals surface area contributed by atoms with Gasteiger partial charge in [-0.2, -0.15) is 0 Å². The average Bonchev–Trinajstić information content (AvgIpc) is 2.58. The maximum Gasteiger partial charge on any atom is 0.119 e. The molecule has 2 nitrogen and oxygen atoms in total. The average molecular weight is 203 g/mol. The highest BCUT2D eigenvalue weighted by Gasteiger charge is 2.33. The van der Waals surface area contributed by atoms with Crippen molar-refractivity contribution in [3.63, 3.8) is 0 Å². The van der Waals surface area contributed by atoms with Crippen LogP contribution in [-0.2, 0) is 0 Å². The number of fused-ring (bicyclic) bond motifs is 2. The summed E-state index contributed by atoms with van der Waals surface area (Å²) in [6, 6.07) is 7.81. The van der Waals surface area contributed by atoms with E-state index in [1.165, 1.54) is 25.9 Å². The molecule has 3 rings (SSSR count). The van der Waals surface area contributed by atoms with Crippen LogP contribution in [0.5, 0.6) is 5.75 Å². The minimum atomic E-state index is 0.477. The molecule has 15 heavy (non-hydrogen) atoms. The Hall–Kier alpha value is -1.02. The summed E-state index contributed by atoms with van der Waals surface area (Å²) in [7, 11) is 0. The van der Waals surface area contributed by atoms with Crippen molar-refractivity contribution in [3.05, 3.63) is 29.8 Å². The molecule has 0 saturated carbocycles. The number of aromatic hydroxyl groups is 1. The SMILES string of the molecule is Oc1ccccc1C1CC2CCN(C2)C1. The molecule has 0 aliphatic carbocycles. The smallest absolute Gasteiger partial charge is 0.119 e. The first-order valence-corrected chi connectivity index (χ1v) is 5.83. The van der Waals surface area contributed by atoms with Crippen molar-refractivity contribution in [1.82, 2.24) is 4.90 Å². The van der Waals surface area contributed by atoms with Gasteiger partial charge in [-0.1, -0.05) is 18.2 Å². The van der Waals surface area contributed by atoms with Crippen LogP contribution in [0.3, 0.4) is 0 Å². The van der Waals surface area contributed by atoms with Crippen LogP contribution >= 0.6 is 0 Å². The summed E-state index contributed by atoms with van der Waals surface area (Å²) in [5, 5.41) is 9.84. The van der Waals surface area contributed by atoms with Gasteiger partial charge in [0.1, 0.15) is 5.75 Å². The number of hydrogen-bond donors (Lipinski definition) is 1. The molecule has 1 N–H and O–H groups in total. The lowest BCUT2D eigenvalue weighted by atomic mass is 9.86. The molecule has 2 fully saturated rings. The molecular weight excluding hydrogens is 186 g/mol. The second kappa shape index (κ2) is 3.53. The van der Waals surface area contributed by atoms with Gasteiger partial charge in [-0.25, -0.2) is 0 Å². The van der Waals surface area contributed by atoms with Gasteiger partial charge in [-0.05, 0) is 36.9 Å². The molecule has 0 radical (unpaired) electrons. The van der Waals surface area contributed by atoms with Crippen LogP contribution in [0.25, 0.3) is 0 Å². The Labute approximate surface area is 90.5 Å². The standard InChI is InChI=1S/C13H17NO/c15-13-4-2-1-3-12(13)11-7-10-5-6-14(8-10)9-11/h1-4,10-11,15H,5-9H2. The molecule has 0 aromatic heterocycles. The lowest BCUT2D eigenvalue weighted by Gasteiger charge is -2.30. The number of rotatable bonds is 1. The summed E-state index contributed by atoms with van der Waals surface area (Å²) < 4.78 is 0. The molecule has 1 aromatic rings. The summed E-state index contributed by atoms with van der Waals surface area (Å²) in [4.78, 5) is 2.53. The number of phenolic OH excluding ortho intramolecular Hbond substituents is 1. The monoisotopic (exact) mass is 203 g/mol. The second-order valence-corrected chi connectivity index (χ2v) is 4.91. The van der Waals surface area contributed by atoms with Crippen molar-refractivity contribution >= 4 is 0 Å². The van der Waals surface area contributed by atoms with Crippen LogP contribution in [0.2, 0.25) is 0 Å². The number of piperidine rings is 1. The van der Waals surface area contributed by atoms with Crippen molar-refractivity contribution in [1.29, 1.82) is 0 Å². The van der Waals surface area contributed by atoms with Crippen LogP contribution in [-0.4, -0.2) is 29.6 Å². The van der Waals surface area contributed by atoms with Crippen LogP contribution in [0.15, 0.2) is 24.3 Å². The Bertz CT molecular complexity index is 351. The van der Waals surface area contributed by atoms with Gasteiger partial charge >= 0.3 is 0 Å². The van der Waals surface area contributed by atoms with Crippen LogP contribution in [0.4, 0.5) is 0 Å². The molecule has 0 amide bonds. The van der Waals surface area contributed by atoms with Crippen LogP contribution < -0.4 is 0 Å². The number of hydrogen-bond acceptors (Lipinski definition) is 2. The first-order chi connectivity index (χ1) is 7.33. The van der Waals surface area contributed by atoms with E-state index in [1.54, 1.807) is 6.07 Å². The van der Waals surface area contributed by atoms with Crippen LogP contribution in [0, 0.1) is 5.92 Å². The summed E-state index contributed by atoms with van der Waals surface area (Å²) in [5.41, 5.74) is 1.15. The van der Waals surface area contributed by atoms with E-state index in [4.69, 9.17) is 0 Å². The van der Waals surface area contributed by atoms with E-state index in [9.17, 15) is 5.11 Å². The molecule has 3 unspecified atom stereocenters. The molecular formula is C13H17NO. The Morgan fingerprint density at radius 1 is 1.20 bits per heavy atom. The minimum Gasteiger partial charge on any atom is -0.508 e. The van der Waals surface area contributed by atoms with Gasteiger partial charge in [0.05, 0.1) is 0 Å². The minimum absolute atomic E-state index is 0.477. The molecule has 2 aliphatic rings. The lowest BCUT2D eigenvalue weighted by Crippen LogP contribution is -2.31. The van der Waals surface area contributed by atoms with E-state index in [0.29, 0.717) is 11.7 Å². The van der Waals surface area contributed by atoms with Crippen molar-refractivity contribution in [2.75, 3.05) is 19.6 Å². The van der Waals surface area contributed by atoms with Gasteiger partial charge in [0.15, 0.2) is 0 Å². The zero-order chi connectivity index (χ0) is 10.3. The Morgan fingerprint density at radius 3 is 2.87 bits per heavy atom. The van der Waals surface area contributed by atoms with E-state index in [2.05, 4.69) is 11.0 Å². The summed E-state index contributed by atoms with van der Waals surface area (Å²) >= 11 is 0. The number of nitrogens with zero attached hydrogens (tertiary/aromatic N) is 1. The maximum absolute atomic E-state index is 9.84. The van der Waals surface area contributed by atoms with E-state index < -0.39 is 0 Å². The fourth-order valence-electron chi connectivity index (χ4n) is 3.12. The topological polar surface area (TPSA) is 23.5 Å². The fraction of sp³-hybridized carbons (Fsp3) is 0.538. The Morgan fingerprint density at radius 2 is 2.07 bits per heavy atom. The highest BCUT2D eigenvalue weighted by Crippen LogP contribution is 2.38. The highest BCUT2D eigenvalue weighted by atomic mass is 16.3. The number of phenols is 1. The predicted octanol–water partition coefficient (Wildman–Crippen LogP) is 2.20. The molecule has 2 heteroatoms. The van der Waals surface area contributed by atoms with Gasteiger partial charge in [0.2, 0.25) is 0 Å². The summed E-state index contributed by atoms with van der Waals surface area (Å²) in [6.45, 7) is 3.67. The van der Waals surface area contributed by atoms with Gasteiger partial charge in [-0.15, -0.1) is 0 Å². The predicted molar refractivity (Wildman–Crippen MR) is 60.0 cm³/mol. The van der Waals surface area contributed by atoms with Crippen molar-refractivity contribution in [2.45, 2.75) is 18.8 Å². The largest absolute Gasteiger partial charge is 0.508 e. The van der Waals surface area contributed by atoms with Crippen molar-refractivity contribution in [3.8, 4) is 5.75 Å². The number of para-hydroxylation sites is 1. The van der Waals surface area contributed by atoms with Gasteiger partial charge in [0.25, 0.3) is 0 Å². The van der Waals surface area contributed by atoms with Crippen LogP contribution in [0.1, 0.15) is 24.3 Å². The van der Waals surface area contributed by atoms with Gasteiger partial charge in [-0.3, -0.25) is 0 Å². The van der Waals surface area contributed by atoms with Crippen molar-refractivity contribution < 1.29 is 5.11 Å². The van der Waals surface area contributed by atoms with Gasteiger partial charge < -0.3 is 10.0 Å². The van der Waals surface area contributed by atoms with E-state index in [-0.39, 0.29) is 0 Å². The molecule has 2 saturated heterocycles. The van der Waals surface area contributed by atoms with E-state index in [0.717, 1.165) is 18.0 Å². The molecule has 80 valence electrons. The maximum atomic E-state index is 9.84. The Kier molecular flexibility index (Phi) is 2.17. The number of benzene rings is 1. The third kappa shape index (κ3) is 1.63. The Balaban J connectivity index is 1.86. The molecule has 2 aliphatic heterocycles. The molecule has 3 atom stereocenters. The lowest BCUT2D eigenvalue weighted by molar-refractivity contribution is 0.240. The summed E-state index contributed by atoms with van der Waals surface area (Å²) in [5.74, 6) is 1.89. The molecule has 2 heterocycles. The molecule has 1 aromatic carbocycles. The molecule has 0 spiro atoms. The second-order valence-electron chi connectivity index (χ2n) is 4.91. The van der Waals surface area contributed by atoms with E-state index >= 15 is 0 Å². The first-order valence-electron chi connectivity index (χ1n) is 5.83. The van der Waals surface area contributed by atoms with Gasteiger partial charge in [0, 0.05) is 19.0 Å². The van der Waals surface area contributed by atoms with E-state index in [1.807, 2.05) is 12.1 Å². The highest BCUT2D eigenvalue weighted by molar-refractivity contribution is 5.35. The quantitative estimate of drug-likeness (QED) is 0.756. The normalized spacial score (nSPS) is 34.3.